The fourth-order valence-electron chi connectivity index (χ4n) is 3.77. The van der Waals surface area contributed by atoms with Crippen LogP contribution in [0, 0.1) is 11.7 Å². The minimum Gasteiger partial charge on any atom is -0.505 e. The van der Waals surface area contributed by atoms with Crippen LogP contribution in [0.15, 0.2) is 36.5 Å². The van der Waals surface area contributed by atoms with Crippen molar-refractivity contribution in [3.05, 3.63) is 53.6 Å². The molecule has 8 heteroatoms. The number of imidazole rings is 1. The van der Waals surface area contributed by atoms with Crippen molar-refractivity contribution in [2.75, 3.05) is 0 Å². The van der Waals surface area contributed by atoms with E-state index in [9.17, 15) is 14.3 Å². The monoisotopic (exact) mass is 419 g/mol. The van der Waals surface area contributed by atoms with Crippen LogP contribution >= 0.6 is 0 Å². The number of hydrogen-bond donors (Lipinski definition) is 4. The molecule has 2 aromatic carbocycles. The Morgan fingerprint density at radius 3 is 2.90 bits per heavy atom. The molecule has 31 heavy (non-hydrogen) atoms. The van der Waals surface area contributed by atoms with Crippen molar-refractivity contribution >= 4 is 16.8 Å². The molecule has 5 rings (SSSR count). The number of hydrogen-bond acceptors (Lipinski definition) is 4. The van der Waals surface area contributed by atoms with Crippen LogP contribution in [0.25, 0.3) is 33.5 Å². The largest absolute Gasteiger partial charge is 0.505 e. The van der Waals surface area contributed by atoms with Crippen LogP contribution in [-0.4, -0.2) is 31.2 Å². The Morgan fingerprint density at radius 2 is 2.13 bits per heavy atom. The number of carbonyl (C=O) groups is 1. The molecule has 1 fully saturated rings. The second-order valence-electron chi connectivity index (χ2n) is 7.88. The number of benzene rings is 2. The normalized spacial score (nSPS) is 13.6. The Balaban J connectivity index is 1.43. The number of fused-ring (bicyclic) bond motifs is 1. The molecule has 1 aliphatic carbocycles. The minimum atomic E-state index is -0.644. The summed E-state index contributed by atoms with van der Waals surface area (Å²) in [6, 6.07) is 8.58. The van der Waals surface area contributed by atoms with Gasteiger partial charge < -0.3 is 15.4 Å². The summed E-state index contributed by atoms with van der Waals surface area (Å²) in [5.74, 6) is -0.126. The van der Waals surface area contributed by atoms with Crippen LogP contribution in [0.5, 0.6) is 5.75 Å². The summed E-state index contributed by atoms with van der Waals surface area (Å²) in [5, 5.41) is 20.9. The zero-order valence-corrected chi connectivity index (χ0v) is 17.0. The van der Waals surface area contributed by atoms with Crippen molar-refractivity contribution in [2.45, 2.75) is 32.7 Å². The van der Waals surface area contributed by atoms with E-state index in [0.717, 1.165) is 46.1 Å². The molecular weight excluding hydrogens is 397 g/mol. The van der Waals surface area contributed by atoms with Crippen molar-refractivity contribution in [2.24, 2.45) is 5.92 Å². The van der Waals surface area contributed by atoms with Gasteiger partial charge in [0.1, 0.15) is 5.69 Å². The lowest BCUT2D eigenvalue weighted by atomic mass is 9.96. The maximum absolute atomic E-state index is 14.0. The molecule has 0 spiro atoms. The molecule has 0 radical (unpaired) electrons. The van der Waals surface area contributed by atoms with Crippen LogP contribution in [-0.2, 0) is 17.8 Å². The lowest BCUT2D eigenvalue weighted by Crippen LogP contribution is -2.24. The molecule has 4 N–H and O–H groups in total. The Hall–Kier alpha value is -3.68. The number of nitrogens with zero attached hydrogens (tertiary/aromatic N) is 2. The lowest BCUT2D eigenvalue weighted by molar-refractivity contribution is -0.122. The molecular formula is C23H22FN5O2. The highest BCUT2D eigenvalue weighted by atomic mass is 19.1. The fraction of sp³-hybridized carbons (Fsp3) is 0.261. The van der Waals surface area contributed by atoms with E-state index in [1.165, 1.54) is 12.1 Å². The van der Waals surface area contributed by atoms with Gasteiger partial charge in [-0.05, 0) is 60.2 Å². The van der Waals surface area contributed by atoms with Crippen molar-refractivity contribution in [1.82, 2.24) is 25.5 Å². The third-order valence-corrected chi connectivity index (χ3v) is 5.67. The van der Waals surface area contributed by atoms with Crippen LogP contribution < -0.4 is 5.32 Å². The molecule has 1 amide bonds. The zero-order valence-electron chi connectivity index (χ0n) is 17.0. The van der Waals surface area contributed by atoms with Gasteiger partial charge in [-0.3, -0.25) is 9.89 Å². The van der Waals surface area contributed by atoms with E-state index in [4.69, 9.17) is 0 Å². The highest BCUT2D eigenvalue weighted by Crippen LogP contribution is 2.33. The van der Waals surface area contributed by atoms with Gasteiger partial charge in [-0.1, -0.05) is 13.0 Å². The van der Waals surface area contributed by atoms with E-state index in [2.05, 4.69) is 25.5 Å². The third kappa shape index (κ3) is 3.65. The summed E-state index contributed by atoms with van der Waals surface area (Å²) in [7, 11) is 0. The highest BCUT2D eigenvalue weighted by Gasteiger charge is 2.29. The molecule has 0 atom stereocenters. The molecule has 0 saturated heterocycles. The van der Waals surface area contributed by atoms with E-state index in [1.54, 1.807) is 6.20 Å². The fourth-order valence-corrected chi connectivity index (χ4v) is 3.77. The maximum Gasteiger partial charge on any atom is 0.223 e. The van der Waals surface area contributed by atoms with Crippen molar-refractivity contribution in [1.29, 1.82) is 0 Å². The summed E-state index contributed by atoms with van der Waals surface area (Å²) >= 11 is 0. The van der Waals surface area contributed by atoms with Gasteiger partial charge in [-0.15, -0.1) is 0 Å². The molecule has 0 bridgehead atoms. The molecule has 1 saturated carbocycles. The molecule has 0 aliphatic heterocycles. The number of phenolic OH excluding ortho intramolecular Hbond substituents is 1. The summed E-state index contributed by atoms with van der Waals surface area (Å²) in [4.78, 5) is 19.5. The van der Waals surface area contributed by atoms with Crippen molar-refractivity contribution < 1.29 is 14.3 Å². The average molecular weight is 419 g/mol. The Morgan fingerprint density at radius 1 is 1.29 bits per heavy atom. The van der Waals surface area contributed by atoms with Gasteiger partial charge in [0.15, 0.2) is 17.4 Å². The number of amides is 1. The SMILES string of the molecule is CCc1cc(O)c(F)cc1-c1ccc2c(-c3nc(CNC(=O)C4CC4)c[nH]3)n[nH]c2c1. The van der Waals surface area contributed by atoms with Gasteiger partial charge in [0.25, 0.3) is 0 Å². The van der Waals surface area contributed by atoms with Crippen LogP contribution in [0.3, 0.4) is 0 Å². The lowest BCUT2D eigenvalue weighted by Gasteiger charge is -2.10. The predicted octanol–water partition coefficient (Wildman–Crippen LogP) is 4.05. The van der Waals surface area contributed by atoms with Crippen LogP contribution in [0.4, 0.5) is 4.39 Å². The number of halogens is 1. The number of rotatable bonds is 6. The topological polar surface area (TPSA) is 107 Å². The van der Waals surface area contributed by atoms with E-state index in [0.29, 0.717) is 24.5 Å². The smallest absolute Gasteiger partial charge is 0.223 e. The average Bonchev–Trinajstić information content (AvgIpc) is 3.38. The molecule has 7 nitrogen and oxygen atoms in total. The van der Waals surface area contributed by atoms with E-state index >= 15 is 0 Å². The number of carbonyl (C=O) groups excluding carboxylic acids is 1. The number of H-pyrrole nitrogens is 2. The minimum absolute atomic E-state index is 0.0828. The number of aromatic nitrogens is 4. The van der Waals surface area contributed by atoms with Gasteiger partial charge in [-0.25, -0.2) is 9.37 Å². The first kappa shape index (κ1) is 19.3. The third-order valence-electron chi connectivity index (χ3n) is 5.67. The standard InChI is InChI=1S/C23H22FN5O2/c1-2-12-8-20(30)18(24)9-17(12)14-5-6-16-19(7-14)28-29-21(16)22-25-10-15(27-22)11-26-23(31)13-3-4-13/h5-10,13,30H,2-4,11H2,1H3,(H,25,27)(H,26,31)(H,28,29). The quantitative estimate of drug-likeness (QED) is 0.378. The van der Waals surface area contributed by atoms with E-state index in [1.807, 2.05) is 25.1 Å². The number of phenols is 1. The van der Waals surface area contributed by atoms with Gasteiger partial charge in [0, 0.05) is 17.5 Å². The Labute approximate surface area is 177 Å². The molecule has 0 unspecified atom stereocenters. The van der Waals surface area contributed by atoms with Crippen LogP contribution in [0.1, 0.15) is 31.0 Å². The van der Waals surface area contributed by atoms with Gasteiger partial charge in [0.05, 0.1) is 17.8 Å². The first-order valence-corrected chi connectivity index (χ1v) is 10.4. The van der Waals surface area contributed by atoms with E-state index < -0.39 is 5.82 Å². The molecule has 158 valence electrons. The second kappa shape index (κ2) is 7.54. The molecule has 4 aromatic rings. The maximum atomic E-state index is 14.0. The van der Waals surface area contributed by atoms with Gasteiger partial charge in [-0.2, -0.15) is 5.10 Å². The highest BCUT2D eigenvalue weighted by molar-refractivity contribution is 5.94. The second-order valence-corrected chi connectivity index (χ2v) is 7.88. The molecule has 2 heterocycles. The summed E-state index contributed by atoms with van der Waals surface area (Å²) in [5.41, 5.74) is 4.65. The summed E-state index contributed by atoms with van der Waals surface area (Å²) in [6.45, 7) is 2.34. The number of aromatic hydroxyl groups is 1. The number of aromatic amines is 2. The zero-order chi connectivity index (χ0) is 21.5. The summed E-state index contributed by atoms with van der Waals surface area (Å²) in [6.07, 6.45) is 4.37. The summed E-state index contributed by atoms with van der Waals surface area (Å²) < 4.78 is 14.0. The first-order chi connectivity index (χ1) is 15.0. The van der Waals surface area contributed by atoms with E-state index in [-0.39, 0.29) is 17.6 Å². The number of nitrogens with one attached hydrogen (secondary N) is 3. The number of aryl methyl sites for hydroxylation is 1. The van der Waals surface area contributed by atoms with Gasteiger partial charge >= 0.3 is 0 Å². The Kier molecular flexibility index (Phi) is 4.69. The predicted molar refractivity (Wildman–Crippen MR) is 115 cm³/mol. The van der Waals surface area contributed by atoms with Crippen molar-refractivity contribution in [3.63, 3.8) is 0 Å². The molecule has 1 aliphatic rings. The Bertz CT molecular complexity index is 1290. The van der Waals surface area contributed by atoms with Gasteiger partial charge in [0.2, 0.25) is 5.91 Å². The van der Waals surface area contributed by atoms with Crippen LogP contribution in [0.2, 0.25) is 0 Å². The first-order valence-electron chi connectivity index (χ1n) is 10.4. The molecule has 2 aromatic heterocycles. The van der Waals surface area contributed by atoms with Crippen molar-refractivity contribution in [3.8, 4) is 28.4 Å².